The fraction of sp³-hybridized carbons (Fsp3) is 0.0769. The summed E-state index contributed by atoms with van der Waals surface area (Å²) in [6.07, 6.45) is 1.65. The van der Waals surface area contributed by atoms with E-state index < -0.39 is 0 Å². The zero-order valence-electron chi connectivity index (χ0n) is 17.1. The Morgan fingerprint density at radius 1 is 1.03 bits per heavy atom. The van der Waals surface area contributed by atoms with Gasteiger partial charge in [0.2, 0.25) is 17.0 Å². The molecule has 6 heteroatoms. The van der Waals surface area contributed by atoms with Crippen molar-refractivity contribution in [1.82, 2.24) is 4.98 Å². The van der Waals surface area contributed by atoms with Crippen LogP contribution in [-0.4, -0.2) is 17.4 Å². The lowest BCUT2D eigenvalue weighted by molar-refractivity contribution is 0.0922. The summed E-state index contributed by atoms with van der Waals surface area (Å²) in [7, 11) is 0. The topological polar surface area (TPSA) is 72.3 Å². The molecule has 0 amide bonds. The normalized spacial score (nSPS) is 11.2. The number of carbonyl (C=O) groups is 1. The third kappa shape index (κ3) is 3.57. The molecule has 0 saturated carbocycles. The van der Waals surface area contributed by atoms with Crippen LogP contribution in [0.25, 0.3) is 33.2 Å². The quantitative estimate of drug-likeness (QED) is 0.330. The van der Waals surface area contributed by atoms with Crippen LogP contribution in [0, 0.1) is 6.92 Å². The number of Topliss-reactive ketones (excluding diaryl/α,β-unsaturated/α-hetero) is 1. The summed E-state index contributed by atoms with van der Waals surface area (Å²) >= 11 is 6.09. The second-order valence-electron chi connectivity index (χ2n) is 7.56. The van der Waals surface area contributed by atoms with Gasteiger partial charge >= 0.3 is 0 Å². The van der Waals surface area contributed by atoms with Gasteiger partial charge in [-0.25, -0.2) is 0 Å². The van der Waals surface area contributed by atoms with Gasteiger partial charge in [-0.3, -0.25) is 9.59 Å². The molecule has 0 saturated heterocycles. The number of nitrogens with one attached hydrogen (secondary N) is 1. The lowest BCUT2D eigenvalue weighted by Gasteiger charge is -2.12. The highest BCUT2D eigenvalue weighted by Crippen LogP contribution is 2.32. The fourth-order valence-electron chi connectivity index (χ4n) is 3.69. The number of fused-ring (bicyclic) bond motifs is 2. The van der Waals surface area contributed by atoms with E-state index in [1.54, 1.807) is 18.3 Å². The molecule has 5 aromatic rings. The Kier molecular flexibility index (Phi) is 5.04. The van der Waals surface area contributed by atoms with E-state index in [0.717, 1.165) is 16.5 Å². The molecule has 0 bridgehead atoms. The van der Waals surface area contributed by atoms with Crippen LogP contribution in [-0.2, 0) is 0 Å². The molecule has 1 N–H and O–H groups in total. The Bertz CT molecular complexity index is 1530. The monoisotopic (exact) mass is 443 g/mol. The van der Waals surface area contributed by atoms with E-state index in [0.29, 0.717) is 27.1 Å². The van der Waals surface area contributed by atoms with Crippen LogP contribution in [0.4, 0.5) is 0 Å². The van der Waals surface area contributed by atoms with Crippen LogP contribution in [0.5, 0.6) is 5.75 Å². The summed E-state index contributed by atoms with van der Waals surface area (Å²) < 4.78 is 11.9. The van der Waals surface area contributed by atoms with Gasteiger partial charge in [-0.2, -0.15) is 0 Å². The van der Waals surface area contributed by atoms with Crippen LogP contribution in [0.15, 0.2) is 82.1 Å². The number of aromatic amines is 1. The van der Waals surface area contributed by atoms with Crippen molar-refractivity contribution < 1.29 is 13.9 Å². The van der Waals surface area contributed by atoms with Gasteiger partial charge in [0.1, 0.15) is 5.58 Å². The fourth-order valence-corrected chi connectivity index (χ4v) is 3.87. The Morgan fingerprint density at radius 3 is 2.62 bits per heavy atom. The third-order valence-corrected chi connectivity index (χ3v) is 5.60. The number of H-pyrrole nitrogens is 1. The summed E-state index contributed by atoms with van der Waals surface area (Å²) in [4.78, 5) is 29.3. The van der Waals surface area contributed by atoms with E-state index in [4.69, 9.17) is 20.8 Å². The molecule has 3 aromatic carbocycles. The van der Waals surface area contributed by atoms with Gasteiger partial charge in [-0.15, -0.1) is 0 Å². The molecular weight excluding hydrogens is 426 g/mol. The maximum absolute atomic E-state index is 13.3. The second kappa shape index (κ2) is 8.02. The maximum Gasteiger partial charge on any atom is 0.235 e. The van der Waals surface area contributed by atoms with Gasteiger partial charge in [-0.05, 0) is 31.2 Å². The summed E-state index contributed by atoms with van der Waals surface area (Å²) in [5, 5.41) is 1.51. The maximum atomic E-state index is 13.3. The zero-order chi connectivity index (χ0) is 22.2. The minimum absolute atomic E-state index is 0.0168. The molecule has 0 aliphatic carbocycles. The van der Waals surface area contributed by atoms with Crippen LogP contribution in [0.1, 0.15) is 15.9 Å². The van der Waals surface area contributed by atoms with Crippen molar-refractivity contribution in [3.8, 4) is 17.1 Å². The standard InChI is InChI=1S/C26H18ClNO4/c1-15-6-8-16(9-7-15)25-26(24(30)19-12-17(27)10-11-23(19)32-25)31-14-22(29)20-13-28-21-5-3-2-4-18(20)21/h2-13,28H,14H2,1H3. The minimum atomic E-state index is -0.379. The molecule has 0 fully saturated rings. The molecule has 0 unspecified atom stereocenters. The van der Waals surface area contributed by atoms with Crippen molar-refractivity contribution in [2.24, 2.45) is 0 Å². The average Bonchev–Trinajstić information content (AvgIpc) is 3.23. The molecule has 0 atom stereocenters. The van der Waals surface area contributed by atoms with E-state index in [1.807, 2.05) is 55.5 Å². The Hall–Kier alpha value is -3.83. The van der Waals surface area contributed by atoms with Crippen molar-refractivity contribution in [3.05, 3.63) is 99.3 Å². The highest BCUT2D eigenvalue weighted by atomic mass is 35.5. The number of rotatable bonds is 5. The number of aryl methyl sites for hydroxylation is 1. The van der Waals surface area contributed by atoms with Crippen LogP contribution >= 0.6 is 11.6 Å². The first-order chi connectivity index (χ1) is 15.5. The van der Waals surface area contributed by atoms with E-state index in [2.05, 4.69) is 4.98 Å². The largest absolute Gasteiger partial charge is 0.478 e. The molecule has 5 nitrogen and oxygen atoms in total. The van der Waals surface area contributed by atoms with Gasteiger partial charge in [0.15, 0.2) is 12.4 Å². The van der Waals surface area contributed by atoms with Crippen molar-refractivity contribution >= 4 is 39.3 Å². The summed E-state index contributed by atoms with van der Waals surface area (Å²) in [5.74, 6) is 0.0104. The lowest BCUT2D eigenvalue weighted by Crippen LogP contribution is -2.17. The summed E-state index contributed by atoms with van der Waals surface area (Å²) in [6.45, 7) is 1.66. The number of aromatic nitrogens is 1. The Balaban J connectivity index is 1.57. The Morgan fingerprint density at radius 2 is 1.81 bits per heavy atom. The number of hydrogen-bond donors (Lipinski definition) is 1. The first-order valence-electron chi connectivity index (χ1n) is 10.1. The van der Waals surface area contributed by atoms with Gasteiger partial charge in [-0.1, -0.05) is 59.6 Å². The number of ether oxygens (including phenoxy) is 1. The number of ketones is 1. The lowest BCUT2D eigenvalue weighted by atomic mass is 10.1. The zero-order valence-corrected chi connectivity index (χ0v) is 17.9. The minimum Gasteiger partial charge on any atom is -0.478 e. The Labute approximate surface area is 188 Å². The molecule has 2 heterocycles. The molecule has 0 aliphatic heterocycles. The summed E-state index contributed by atoms with van der Waals surface area (Å²) in [6, 6.07) is 19.9. The molecular formula is C26H18ClNO4. The average molecular weight is 444 g/mol. The first kappa shape index (κ1) is 20.1. The second-order valence-corrected chi connectivity index (χ2v) is 7.99. The van der Waals surface area contributed by atoms with Crippen LogP contribution in [0.3, 0.4) is 0 Å². The predicted molar refractivity (Wildman–Crippen MR) is 126 cm³/mol. The number of carbonyl (C=O) groups excluding carboxylic acids is 1. The third-order valence-electron chi connectivity index (χ3n) is 5.36. The number of hydrogen-bond acceptors (Lipinski definition) is 4. The van der Waals surface area contributed by atoms with E-state index in [9.17, 15) is 9.59 Å². The molecule has 32 heavy (non-hydrogen) atoms. The summed E-state index contributed by atoms with van der Waals surface area (Å²) in [5.41, 5.74) is 3.13. The van der Waals surface area contributed by atoms with Crippen LogP contribution in [0.2, 0.25) is 5.02 Å². The molecule has 5 rings (SSSR count). The van der Waals surface area contributed by atoms with E-state index in [-0.39, 0.29) is 29.3 Å². The van der Waals surface area contributed by atoms with Gasteiger partial charge in [0.05, 0.1) is 5.39 Å². The number of para-hydroxylation sites is 1. The molecule has 0 aliphatic rings. The van der Waals surface area contributed by atoms with Crippen molar-refractivity contribution in [3.63, 3.8) is 0 Å². The highest BCUT2D eigenvalue weighted by Gasteiger charge is 2.20. The van der Waals surface area contributed by atoms with Gasteiger partial charge < -0.3 is 14.1 Å². The van der Waals surface area contributed by atoms with E-state index >= 15 is 0 Å². The molecule has 2 aromatic heterocycles. The smallest absolute Gasteiger partial charge is 0.235 e. The van der Waals surface area contributed by atoms with Gasteiger partial charge in [0.25, 0.3) is 0 Å². The number of benzene rings is 3. The van der Waals surface area contributed by atoms with Crippen molar-refractivity contribution in [2.75, 3.05) is 6.61 Å². The predicted octanol–water partition coefficient (Wildman–Crippen LogP) is 6.16. The molecule has 158 valence electrons. The van der Waals surface area contributed by atoms with Crippen LogP contribution < -0.4 is 10.2 Å². The van der Waals surface area contributed by atoms with E-state index in [1.165, 1.54) is 6.07 Å². The van der Waals surface area contributed by atoms with Crippen molar-refractivity contribution in [1.29, 1.82) is 0 Å². The molecule has 0 radical (unpaired) electrons. The number of halogens is 1. The van der Waals surface area contributed by atoms with Crippen molar-refractivity contribution in [2.45, 2.75) is 6.92 Å². The molecule has 0 spiro atoms. The van der Waals surface area contributed by atoms with Gasteiger partial charge in [0, 0.05) is 33.2 Å². The SMILES string of the molecule is Cc1ccc(-c2oc3ccc(Cl)cc3c(=O)c2OCC(=O)c2c[nH]c3ccccc23)cc1. The first-order valence-corrected chi connectivity index (χ1v) is 10.4. The highest BCUT2D eigenvalue weighted by molar-refractivity contribution is 6.31.